The molecule has 62 valence electrons. The summed E-state index contributed by atoms with van der Waals surface area (Å²) in [7, 11) is 0. The van der Waals surface area contributed by atoms with E-state index in [0.29, 0.717) is 0 Å². The number of aromatic nitrogens is 2. The zero-order valence-corrected chi connectivity index (χ0v) is 6.91. The number of nitrogens with zero attached hydrogens (tertiary/aromatic N) is 1. The average molecular weight is 161 g/mol. The van der Waals surface area contributed by atoms with Crippen molar-refractivity contribution in [2.75, 3.05) is 0 Å². The Morgan fingerprint density at radius 1 is 1.58 bits per heavy atom. The van der Waals surface area contributed by atoms with Crippen molar-refractivity contribution in [3.63, 3.8) is 0 Å². The molecule has 2 rings (SSSR count). The Morgan fingerprint density at radius 3 is 3.25 bits per heavy atom. The molecule has 0 bridgehead atoms. The van der Waals surface area contributed by atoms with Gasteiger partial charge in [0, 0.05) is 5.22 Å². The molecule has 0 aliphatic heterocycles. The summed E-state index contributed by atoms with van der Waals surface area (Å²) in [4.78, 5) is 0. The van der Waals surface area contributed by atoms with Crippen LogP contribution in [0.4, 0.5) is 0 Å². The second-order valence-corrected chi connectivity index (χ2v) is 3.28. The van der Waals surface area contributed by atoms with Gasteiger partial charge >= 0.3 is 0 Å². The maximum Gasteiger partial charge on any atom is 0.0631 e. The van der Waals surface area contributed by atoms with Crippen molar-refractivity contribution in [2.45, 2.75) is 12.5 Å². The third-order valence-corrected chi connectivity index (χ3v) is 1.89. The lowest BCUT2D eigenvalue weighted by atomic mass is 10.0. The number of hydrogen-bond donors (Lipinski definition) is 2. The highest BCUT2D eigenvalue weighted by Crippen LogP contribution is 2.03. The van der Waals surface area contributed by atoms with Crippen LogP contribution in [0.5, 0.6) is 0 Å². The van der Waals surface area contributed by atoms with Gasteiger partial charge in [0.05, 0.1) is 17.1 Å². The minimum absolute atomic E-state index is 0.381. The van der Waals surface area contributed by atoms with Gasteiger partial charge in [-0.15, -0.1) is 0 Å². The van der Waals surface area contributed by atoms with Gasteiger partial charge in [0.2, 0.25) is 0 Å². The fourth-order valence-electron chi connectivity index (χ4n) is 1.27. The van der Waals surface area contributed by atoms with E-state index in [-0.39, 0.29) is 5.54 Å². The normalized spacial score (nSPS) is 26.8. The van der Waals surface area contributed by atoms with Crippen LogP contribution in [0.25, 0.3) is 12.2 Å². The van der Waals surface area contributed by atoms with Gasteiger partial charge in [-0.25, -0.2) is 0 Å². The van der Waals surface area contributed by atoms with Gasteiger partial charge in [-0.3, -0.25) is 5.10 Å². The van der Waals surface area contributed by atoms with Crippen LogP contribution < -0.4 is 16.3 Å². The lowest BCUT2D eigenvalue weighted by Crippen LogP contribution is -2.35. The fraction of sp³-hybridized carbons (Fsp3) is 0.222. The first-order valence-electron chi connectivity index (χ1n) is 3.88. The minimum Gasteiger partial charge on any atom is -0.319 e. The minimum atomic E-state index is -0.381. The molecule has 0 radical (unpaired) electrons. The van der Waals surface area contributed by atoms with Gasteiger partial charge in [0.15, 0.2) is 0 Å². The molecule has 0 saturated carbocycles. The average Bonchev–Trinajstić information content (AvgIpc) is 2.31. The van der Waals surface area contributed by atoms with Crippen LogP contribution in [-0.4, -0.2) is 15.7 Å². The van der Waals surface area contributed by atoms with Crippen molar-refractivity contribution in [3.05, 3.63) is 28.9 Å². The Labute approximate surface area is 70.3 Å². The summed E-state index contributed by atoms with van der Waals surface area (Å²) in [6, 6.07) is 0. The summed E-state index contributed by atoms with van der Waals surface area (Å²) in [6.07, 6.45) is 9.67. The number of nitrogens with one attached hydrogen (secondary N) is 1. The molecule has 1 heterocycles. The third kappa shape index (κ3) is 1.19. The largest absolute Gasteiger partial charge is 0.319 e. The molecule has 0 fully saturated rings. The summed E-state index contributed by atoms with van der Waals surface area (Å²) in [5.74, 6) is 0. The third-order valence-electron chi connectivity index (χ3n) is 1.89. The highest BCUT2D eigenvalue weighted by atomic mass is 15.1. The van der Waals surface area contributed by atoms with Crippen molar-refractivity contribution in [3.8, 4) is 0 Å². The molecule has 1 aromatic heterocycles. The highest BCUT2D eigenvalue weighted by Gasteiger charge is 2.10. The lowest BCUT2D eigenvalue weighted by Gasteiger charge is -2.12. The molecule has 1 aromatic rings. The predicted molar refractivity (Wildman–Crippen MR) is 48.5 cm³/mol. The molecule has 0 amide bonds. The fourth-order valence-corrected chi connectivity index (χ4v) is 1.27. The van der Waals surface area contributed by atoms with E-state index in [0.717, 1.165) is 10.6 Å². The monoisotopic (exact) mass is 161 g/mol. The number of rotatable bonds is 0. The molecule has 1 aliphatic carbocycles. The molecular formula is C9H11N3. The molecular weight excluding hydrogens is 150 g/mol. The number of allylic oxidation sites excluding steroid dienone is 1. The van der Waals surface area contributed by atoms with Gasteiger partial charge in [0.25, 0.3) is 0 Å². The van der Waals surface area contributed by atoms with E-state index in [1.54, 1.807) is 6.20 Å². The topological polar surface area (TPSA) is 54.7 Å². The van der Waals surface area contributed by atoms with Crippen molar-refractivity contribution >= 4 is 12.2 Å². The summed E-state index contributed by atoms with van der Waals surface area (Å²) < 4.78 is 0. The van der Waals surface area contributed by atoms with E-state index in [2.05, 4.69) is 10.2 Å². The number of hydrogen-bond acceptors (Lipinski definition) is 2. The molecule has 0 aromatic carbocycles. The maximum absolute atomic E-state index is 5.94. The van der Waals surface area contributed by atoms with Crippen molar-refractivity contribution in [1.29, 1.82) is 0 Å². The van der Waals surface area contributed by atoms with Gasteiger partial charge in [-0.05, 0) is 13.0 Å². The number of nitrogens with two attached hydrogens (primary N) is 1. The maximum atomic E-state index is 5.94. The molecule has 1 atom stereocenters. The van der Waals surface area contributed by atoms with E-state index in [1.165, 1.54) is 0 Å². The second kappa shape index (κ2) is 2.32. The molecule has 0 saturated heterocycles. The number of fused-ring (bicyclic) bond motifs is 1. The van der Waals surface area contributed by atoms with Crippen LogP contribution in [0.3, 0.4) is 0 Å². The van der Waals surface area contributed by atoms with Crippen molar-refractivity contribution in [2.24, 2.45) is 5.73 Å². The molecule has 0 spiro atoms. The van der Waals surface area contributed by atoms with E-state index in [1.807, 2.05) is 31.2 Å². The van der Waals surface area contributed by atoms with Gasteiger partial charge < -0.3 is 5.73 Å². The molecule has 3 N–H and O–H groups in total. The van der Waals surface area contributed by atoms with Crippen molar-refractivity contribution in [1.82, 2.24) is 10.2 Å². The molecule has 1 unspecified atom stereocenters. The van der Waals surface area contributed by atoms with Crippen LogP contribution in [0.2, 0.25) is 0 Å². The summed E-state index contributed by atoms with van der Waals surface area (Å²) in [5, 5.41) is 8.90. The molecule has 3 heteroatoms. The Balaban J connectivity index is 2.75. The van der Waals surface area contributed by atoms with E-state index < -0.39 is 0 Å². The number of H-pyrrole nitrogens is 1. The first-order chi connectivity index (χ1) is 5.67. The van der Waals surface area contributed by atoms with E-state index in [4.69, 9.17) is 5.73 Å². The van der Waals surface area contributed by atoms with Crippen LogP contribution in [0, 0.1) is 0 Å². The first-order valence-corrected chi connectivity index (χ1v) is 3.88. The Bertz CT molecular complexity index is 423. The van der Waals surface area contributed by atoms with Gasteiger partial charge in [-0.1, -0.05) is 18.2 Å². The predicted octanol–water partition coefficient (Wildman–Crippen LogP) is -0.742. The molecule has 3 nitrogen and oxygen atoms in total. The van der Waals surface area contributed by atoms with Crippen molar-refractivity contribution < 1.29 is 0 Å². The van der Waals surface area contributed by atoms with Crippen LogP contribution in [0.15, 0.2) is 18.3 Å². The Kier molecular flexibility index (Phi) is 1.41. The lowest BCUT2D eigenvalue weighted by molar-refractivity contribution is 0.775. The standard InChI is InChI=1S/C9H11N3/c1-9(10)4-2-3-7-6-11-12-8(7)5-9/h2-6,12H,10H2,1H3. The van der Waals surface area contributed by atoms with Crippen LogP contribution >= 0.6 is 0 Å². The SMILES string of the molecule is CC1(N)C=CC=c2cn[nH]c2=C1. The van der Waals surface area contributed by atoms with Crippen LogP contribution in [0.1, 0.15) is 6.92 Å². The van der Waals surface area contributed by atoms with E-state index >= 15 is 0 Å². The van der Waals surface area contributed by atoms with Crippen LogP contribution in [-0.2, 0) is 0 Å². The van der Waals surface area contributed by atoms with Gasteiger partial charge in [0.1, 0.15) is 0 Å². The Morgan fingerprint density at radius 2 is 2.42 bits per heavy atom. The zero-order valence-electron chi connectivity index (χ0n) is 6.91. The highest BCUT2D eigenvalue weighted by molar-refractivity contribution is 5.49. The summed E-state index contributed by atoms with van der Waals surface area (Å²) >= 11 is 0. The zero-order chi connectivity index (χ0) is 8.60. The smallest absolute Gasteiger partial charge is 0.0631 e. The summed E-state index contributed by atoms with van der Waals surface area (Å²) in [6.45, 7) is 1.95. The molecule has 1 aliphatic rings. The second-order valence-electron chi connectivity index (χ2n) is 3.28. The number of aromatic amines is 1. The van der Waals surface area contributed by atoms with Gasteiger partial charge in [-0.2, -0.15) is 5.10 Å². The molecule has 12 heavy (non-hydrogen) atoms. The first kappa shape index (κ1) is 7.31. The van der Waals surface area contributed by atoms with E-state index in [9.17, 15) is 0 Å². The Hall–Kier alpha value is -1.35. The quantitative estimate of drug-likeness (QED) is 0.526. The summed E-state index contributed by atoms with van der Waals surface area (Å²) in [5.41, 5.74) is 5.56.